The Morgan fingerprint density at radius 2 is 2.00 bits per heavy atom. The third-order valence-corrected chi connectivity index (χ3v) is 3.32. The highest BCUT2D eigenvalue weighted by Crippen LogP contribution is 2.34. The van der Waals surface area contributed by atoms with Gasteiger partial charge in [-0.3, -0.25) is 4.79 Å². The number of nitrogens with one attached hydrogen (secondary N) is 1. The summed E-state index contributed by atoms with van der Waals surface area (Å²) in [5.41, 5.74) is 1.82. The van der Waals surface area contributed by atoms with Gasteiger partial charge < -0.3 is 10.1 Å². The van der Waals surface area contributed by atoms with Crippen LogP contribution >= 0.6 is 0 Å². The smallest absolute Gasteiger partial charge is 0.170 e. The Balaban J connectivity index is 1.88. The fourth-order valence-electron chi connectivity index (χ4n) is 2.34. The highest BCUT2D eigenvalue weighted by atomic mass is 16.5. The SMILES string of the molecule is Cc1ccc(Nc2ccc3c(c2)C(=O)CC(C)(C)O3)nn1. The lowest BCUT2D eigenvalue weighted by atomic mass is 9.93. The van der Waals surface area contributed by atoms with E-state index in [9.17, 15) is 4.79 Å². The summed E-state index contributed by atoms with van der Waals surface area (Å²) in [5, 5.41) is 11.2. The van der Waals surface area contributed by atoms with Crippen LogP contribution in [0.4, 0.5) is 11.5 Å². The second-order valence-corrected chi connectivity index (χ2v) is 5.86. The molecule has 5 heteroatoms. The Kier molecular flexibility index (Phi) is 3.12. The number of fused-ring (bicyclic) bond motifs is 1. The predicted octanol–water partition coefficient (Wildman–Crippen LogP) is 3.27. The van der Waals surface area contributed by atoms with Crippen molar-refractivity contribution in [3.05, 3.63) is 41.6 Å². The number of hydrogen-bond donors (Lipinski definition) is 1. The van der Waals surface area contributed by atoms with Crippen molar-refractivity contribution < 1.29 is 9.53 Å². The summed E-state index contributed by atoms with van der Waals surface area (Å²) in [6.45, 7) is 5.72. The van der Waals surface area contributed by atoms with Gasteiger partial charge in [0, 0.05) is 5.69 Å². The molecule has 1 aliphatic heterocycles. The zero-order chi connectivity index (χ0) is 15.0. The average Bonchev–Trinajstić information content (AvgIpc) is 2.41. The molecular formula is C16H17N3O2. The van der Waals surface area contributed by atoms with Gasteiger partial charge in [-0.25, -0.2) is 0 Å². The van der Waals surface area contributed by atoms with E-state index in [-0.39, 0.29) is 5.78 Å². The molecule has 1 aliphatic rings. The predicted molar refractivity (Wildman–Crippen MR) is 80.1 cm³/mol. The largest absolute Gasteiger partial charge is 0.487 e. The van der Waals surface area contributed by atoms with Crippen molar-refractivity contribution in [1.29, 1.82) is 0 Å². The van der Waals surface area contributed by atoms with Crippen LogP contribution in [0.15, 0.2) is 30.3 Å². The van der Waals surface area contributed by atoms with Crippen LogP contribution in [0, 0.1) is 6.92 Å². The number of Topliss-reactive ketones (excluding diaryl/α,β-unsaturated/α-hetero) is 1. The van der Waals surface area contributed by atoms with E-state index >= 15 is 0 Å². The lowest BCUT2D eigenvalue weighted by Gasteiger charge is -2.31. The third-order valence-electron chi connectivity index (χ3n) is 3.32. The van der Waals surface area contributed by atoms with Crippen LogP contribution in [0.3, 0.4) is 0 Å². The minimum atomic E-state index is -0.443. The van der Waals surface area contributed by atoms with Crippen molar-refractivity contribution in [3.8, 4) is 5.75 Å². The zero-order valence-electron chi connectivity index (χ0n) is 12.3. The average molecular weight is 283 g/mol. The van der Waals surface area contributed by atoms with Gasteiger partial charge >= 0.3 is 0 Å². The van der Waals surface area contributed by atoms with Gasteiger partial charge in [-0.2, -0.15) is 5.10 Å². The summed E-state index contributed by atoms with van der Waals surface area (Å²) in [7, 11) is 0. The lowest BCUT2D eigenvalue weighted by molar-refractivity contribution is 0.0620. The summed E-state index contributed by atoms with van der Waals surface area (Å²) in [6.07, 6.45) is 0.383. The molecule has 0 radical (unpaired) electrons. The fourth-order valence-corrected chi connectivity index (χ4v) is 2.34. The molecule has 0 aliphatic carbocycles. The number of carbonyl (C=O) groups is 1. The van der Waals surface area contributed by atoms with Gasteiger partial charge in [0.15, 0.2) is 11.6 Å². The monoisotopic (exact) mass is 283 g/mol. The molecule has 1 aromatic heterocycles. The van der Waals surface area contributed by atoms with Gasteiger partial charge in [-0.1, -0.05) is 0 Å². The molecule has 2 heterocycles. The van der Waals surface area contributed by atoms with Crippen molar-refractivity contribution in [3.63, 3.8) is 0 Å². The maximum atomic E-state index is 12.2. The first-order valence-electron chi connectivity index (χ1n) is 6.87. The number of anilines is 2. The van der Waals surface area contributed by atoms with Gasteiger partial charge in [0.2, 0.25) is 0 Å². The summed E-state index contributed by atoms with van der Waals surface area (Å²) in [4.78, 5) is 12.2. The highest BCUT2D eigenvalue weighted by Gasteiger charge is 2.32. The molecule has 21 heavy (non-hydrogen) atoms. The lowest BCUT2D eigenvalue weighted by Crippen LogP contribution is -2.35. The fraction of sp³-hybridized carbons (Fsp3) is 0.312. The van der Waals surface area contributed by atoms with E-state index in [2.05, 4.69) is 15.5 Å². The van der Waals surface area contributed by atoms with Crippen LogP contribution in [0.2, 0.25) is 0 Å². The number of aromatic nitrogens is 2. The van der Waals surface area contributed by atoms with E-state index in [0.29, 0.717) is 23.6 Å². The summed E-state index contributed by atoms with van der Waals surface area (Å²) in [5.74, 6) is 1.38. The normalized spacial score (nSPS) is 16.0. The third kappa shape index (κ3) is 2.86. The van der Waals surface area contributed by atoms with E-state index in [1.807, 2.05) is 45.0 Å². The first-order chi connectivity index (χ1) is 9.93. The number of aryl methyl sites for hydroxylation is 1. The van der Waals surface area contributed by atoms with Gasteiger partial charge in [-0.05, 0) is 51.1 Å². The van der Waals surface area contributed by atoms with E-state index in [1.54, 1.807) is 6.07 Å². The standard InChI is InChI=1S/C16H17N3O2/c1-10-4-7-15(19-18-10)17-11-5-6-14-12(8-11)13(20)9-16(2,3)21-14/h4-8H,9H2,1-3H3,(H,17,19). The van der Waals surface area contributed by atoms with Gasteiger partial charge in [0.25, 0.3) is 0 Å². The van der Waals surface area contributed by atoms with Gasteiger partial charge in [0.1, 0.15) is 11.4 Å². The van der Waals surface area contributed by atoms with Crippen LogP contribution in [-0.2, 0) is 0 Å². The van der Waals surface area contributed by atoms with E-state index in [4.69, 9.17) is 4.74 Å². The van der Waals surface area contributed by atoms with Gasteiger partial charge in [0.05, 0.1) is 17.7 Å². The molecular weight excluding hydrogens is 266 g/mol. The molecule has 3 rings (SSSR count). The second-order valence-electron chi connectivity index (χ2n) is 5.86. The first kappa shape index (κ1) is 13.5. The number of hydrogen-bond acceptors (Lipinski definition) is 5. The van der Waals surface area contributed by atoms with Crippen molar-refractivity contribution in [2.75, 3.05) is 5.32 Å². The second kappa shape index (κ2) is 4.84. The molecule has 0 atom stereocenters. The molecule has 2 aromatic rings. The molecule has 108 valence electrons. The van der Waals surface area contributed by atoms with E-state index in [0.717, 1.165) is 11.4 Å². The molecule has 0 amide bonds. The molecule has 1 N–H and O–H groups in total. The summed E-state index contributed by atoms with van der Waals surface area (Å²) in [6, 6.07) is 9.22. The van der Waals surface area contributed by atoms with Crippen LogP contribution in [0.25, 0.3) is 0 Å². The number of rotatable bonds is 2. The molecule has 0 unspecified atom stereocenters. The van der Waals surface area contributed by atoms with Crippen molar-refractivity contribution >= 4 is 17.3 Å². The Morgan fingerprint density at radius 3 is 2.71 bits per heavy atom. The van der Waals surface area contributed by atoms with Crippen LogP contribution in [0.5, 0.6) is 5.75 Å². The summed E-state index contributed by atoms with van der Waals surface area (Å²) >= 11 is 0. The van der Waals surface area contributed by atoms with Crippen LogP contribution < -0.4 is 10.1 Å². The Bertz CT molecular complexity index is 693. The molecule has 0 bridgehead atoms. The van der Waals surface area contributed by atoms with Crippen LogP contribution in [-0.4, -0.2) is 21.6 Å². The van der Waals surface area contributed by atoms with E-state index in [1.165, 1.54) is 0 Å². The zero-order valence-corrected chi connectivity index (χ0v) is 12.3. The molecule has 5 nitrogen and oxygen atoms in total. The van der Waals surface area contributed by atoms with Gasteiger partial charge in [-0.15, -0.1) is 5.10 Å². The first-order valence-corrected chi connectivity index (χ1v) is 6.87. The molecule has 0 saturated heterocycles. The molecule has 0 fully saturated rings. The number of carbonyl (C=O) groups excluding carboxylic acids is 1. The number of benzene rings is 1. The molecule has 1 aromatic carbocycles. The summed E-state index contributed by atoms with van der Waals surface area (Å²) < 4.78 is 5.83. The van der Waals surface area contributed by atoms with Crippen molar-refractivity contribution in [1.82, 2.24) is 10.2 Å². The number of ether oxygens (including phenoxy) is 1. The molecule has 0 spiro atoms. The Hall–Kier alpha value is -2.43. The van der Waals surface area contributed by atoms with Crippen molar-refractivity contribution in [2.24, 2.45) is 0 Å². The quantitative estimate of drug-likeness (QED) is 0.916. The number of nitrogens with zero attached hydrogens (tertiary/aromatic N) is 2. The van der Waals surface area contributed by atoms with Crippen molar-refractivity contribution in [2.45, 2.75) is 32.8 Å². The maximum Gasteiger partial charge on any atom is 0.170 e. The molecule has 0 saturated carbocycles. The topological polar surface area (TPSA) is 64.1 Å². The van der Waals surface area contributed by atoms with E-state index < -0.39 is 5.60 Å². The maximum absolute atomic E-state index is 12.2. The Labute approximate surface area is 123 Å². The minimum absolute atomic E-state index is 0.0971. The minimum Gasteiger partial charge on any atom is -0.487 e. The highest BCUT2D eigenvalue weighted by molar-refractivity contribution is 6.01. The van der Waals surface area contributed by atoms with Crippen LogP contribution in [0.1, 0.15) is 36.3 Å². The number of ketones is 1. The Morgan fingerprint density at radius 1 is 1.19 bits per heavy atom.